The van der Waals surface area contributed by atoms with Gasteiger partial charge >= 0.3 is 6.03 Å². The highest BCUT2D eigenvalue weighted by Gasteiger charge is 2.33. The zero-order chi connectivity index (χ0) is 22.1. The van der Waals surface area contributed by atoms with Crippen molar-refractivity contribution >= 4 is 27.6 Å². The normalized spacial score (nSPS) is 14.9. The first kappa shape index (κ1) is 20.6. The monoisotopic (exact) mass is 485 g/mol. The Balaban J connectivity index is 1.63. The van der Waals surface area contributed by atoms with Crippen LogP contribution in [0, 0.1) is 0 Å². The Bertz CT molecular complexity index is 1260. The highest BCUT2D eigenvalue weighted by atomic mass is 79.9. The minimum absolute atomic E-state index is 0.133. The van der Waals surface area contributed by atoms with Gasteiger partial charge in [0, 0.05) is 16.4 Å². The van der Waals surface area contributed by atoms with Crippen LogP contribution in [0.4, 0.5) is 10.5 Å². The van der Waals surface area contributed by atoms with Crippen LogP contribution in [0.25, 0.3) is 5.69 Å². The summed E-state index contributed by atoms with van der Waals surface area (Å²) in [7, 11) is 0. The van der Waals surface area contributed by atoms with Gasteiger partial charge in [-0.3, -0.25) is 0 Å². The van der Waals surface area contributed by atoms with Gasteiger partial charge in [0.1, 0.15) is 0 Å². The van der Waals surface area contributed by atoms with E-state index in [1.54, 1.807) is 0 Å². The predicted octanol–water partition coefficient (Wildman–Crippen LogP) is 6.94. The lowest BCUT2D eigenvalue weighted by atomic mass is 10.00. The molecule has 3 aromatic carbocycles. The number of nitrogens with zero attached hydrogens (tertiary/aromatic N) is 2. The molecule has 0 saturated heterocycles. The number of nitrogens with one attached hydrogen (secondary N) is 1. The molecule has 4 aromatic rings. The number of carbonyl (C=O) groups excluding carboxylic acids is 1. The van der Waals surface area contributed by atoms with Gasteiger partial charge in [-0.15, -0.1) is 0 Å². The van der Waals surface area contributed by atoms with Crippen molar-refractivity contribution in [2.24, 2.45) is 0 Å². The lowest BCUT2D eigenvalue weighted by Gasteiger charge is -2.31. The highest BCUT2D eigenvalue weighted by Crippen LogP contribution is 2.37. The molecule has 2 amide bonds. The van der Waals surface area contributed by atoms with Crippen molar-refractivity contribution in [2.45, 2.75) is 25.9 Å². The number of carbonyl (C=O) groups is 1. The van der Waals surface area contributed by atoms with Crippen LogP contribution in [0.3, 0.4) is 0 Å². The molecule has 1 aliphatic rings. The number of halogens is 1. The summed E-state index contributed by atoms with van der Waals surface area (Å²) in [5, 5.41) is 3.11. The molecule has 160 valence electrons. The average molecular weight is 486 g/mol. The third kappa shape index (κ3) is 3.73. The van der Waals surface area contributed by atoms with E-state index >= 15 is 0 Å². The van der Waals surface area contributed by atoms with Crippen LogP contribution < -0.4 is 5.32 Å². The first-order chi connectivity index (χ1) is 15.7. The topological polar surface area (TPSA) is 37.3 Å². The Labute approximate surface area is 196 Å². The number of hydrogen-bond donors (Lipinski definition) is 1. The summed E-state index contributed by atoms with van der Waals surface area (Å²) in [4.78, 5) is 15.6. The minimum atomic E-state index is -0.217. The van der Waals surface area contributed by atoms with Crippen molar-refractivity contribution in [3.05, 3.63) is 118 Å². The number of aromatic nitrogens is 1. The number of aryl methyl sites for hydroxylation is 1. The molecule has 0 aliphatic carbocycles. The number of rotatable bonds is 3. The molecule has 2 heterocycles. The van der Waals surface area contributed by atoms with E-state index in [1.807, 2.05) is 41.3 Å². The number of hydrogen-bond acceptors (Lipinski definition) is 1. The Morgan fingerprint density at radius 1 is 0.969 bits per heavy atom. The van der Waals surface area contributed by atoms with E-state index in [0.717, 1.165) is 39.1 Å². The van der Waals surface area contributed by atoms with E-state index in [4.69, 9.17) is 0 Å². The second kappa shape index (κ2) is 8.67. The third-order valence-electron chi connectivity index (χ3n) is 6.04. The predicted molar refractivity (Wildman–Crippen MR) is 132 cm³/mol. The van der Waals surface area contributed by atoms with Crippen molar-refractivity contribution < 1.29 is 4.79 Å². The molecular weight excluding hydrogens is 462 g/mol. The van der Waals surface area contributed by atoms with Gasteiger partial charge in [0.15, 0.2) is 0 Å². The van der Waals surface area contributed by atoms with Crippen molar-refractivity contribution in [1.29, 1.82) is 0 Å². The van der Waals surface area contributed by atoms with Crippen molar-refractivity contribution in [1.82, 2.24) is 9.47 Å². The summed E-state index contributed by atoms with van der Waals surface area (Å²) < 4.78 is 3.07. The minimum Gasteiger partial charge on any atom is -0.318 e. The Morgan fingerprint density at radius 2 is 1.72 bits per heavy atom. The third-order valence-corrected chi connectivity index (χ3v) is 6.74. The Morgan fingerprint density at radius 3 is 2.50 bits per heavy atom. The molecule has 0 bridgehead atoms. The van der Waals surface area contributed by atoms with E-state index in [2.05, 4.69) is 87.5 Å². The molecule has 0 spiro atoms. The smallest absolute Gasteiger partial charge is 0.318 e. The Hall–Kier alpha value is -3.31. The van der Waals surface area contributed by atoms with Crippen LogP contribution in [0.2, 0.25) is 0 Å². The summed E-state index contributed by atoms with van der Waals surface area (Å²) in [5.41, 5.74) is 6.42. The van der Waals surface area contributed by atoms with E-state index < -0.39 is 0 Å². The van der Waals surface area contributed by atoms with E-state index in [-0.39, 0.29) is 12.1 Å². The van der Waals surface area contributed by atoms with Gasteiger partial charge in [-0.2, -0.15) is 0 Å². The second-order valence-corrected chi connectivity index (χ2v) is 8.82. The molecule has 0 saturated carbocycles. The van der Waals surface area contributed by atoms with Gasteiger partial charge < -0.3 is 14.8 Å². The summed E-state index contributed by atoms with van der Waals surface area (Å²) in [5.74, 6) is 0. The van der Waals surface area contributed by atoms with Crippen LogP contribution in [0.5, 0.6) is 0 Å². The highest BCUT2D eigenvalue weighted by molar-refractivity contribution is 9.10. The second-order valence-electron chi connectivity index (χ2n) is 7.97. The van der Waals surface area contributed by atoms with Gasteiger partial charge in [-0.1, -0.05) is 61.5 Å². The van der Waals surface area contributed by atoms with E-state index in [9.17, 15) is 4.79 Å². The van der Waals surface area contributed by atoms with E-state index in [1.165, 1.54) is 5.56 Å². The summed E-state index contributed by atoms with van der Waals surface area (Å²) in [6.07, 6.45) is 3.07. The zero-order valence-corrected chi connectivity index (χ0v) is 19.4. The van der Waals surface area contributed by atoms with Gasteiger partial charge in [0.25, 0.3) is 0 Å². The van der Waals surface area contributed by atoms with Crippen LogP contribution >= 0.6 is 15.9 Å². The van der Waals surface area contributed by atoms with Gasteiger partial charge in [-0.25, -0.2) is 4.79 Å². The molecular formula is C27H24BrN3O. The zero-order valence-electron chi connectivity index (χ0n) is 17.8. The number of para-hydroxylation sites is 2. The maximum atomic E-state index is 13.7. The largest absolute Gasteiger partial charge is 0.323 e. The summed E-state index contributed by atoms with van der Waals surface area (Å²) in [6, 6.07) is 28.4. The molecule has 4 nitrogen and oxygen atoms in total. The standard InChI is InChI=1S/C27H24BrN3O/c1-2-19-13-15-20(16-14-19)26-25-12-7-17-30(25)24-11-6-3-8-21(24)18-31(26)27(32)29-23-10-5-4-9-22(23)28/h3-17,26H,2,18H2,1H3,(H,29,32). The molecule has 1 atom stereocenters. The number of benzene rings is 3. The maximum Gasteiger partial charge on any atom is 0.323 e. The number of urea groups is 1. The fourth-order valence-electron chi connectivity index (χ4n) is 4.38. The van der Waals surface area contributed by atoms with Crippen molar-refractivity contribution in [3.8, 4) is 5.69 Å². The summed E-state index contributed by atoms with van der Waals surface area (Å²) >= 11 is 3.55. The molecule has 5 rings (SSSR count). The first-order valence-corrected chi connectivity index (χ1v) is 11.6. The van der Waals surface area contributed by atoms with Crippen LogP contribution in [-0.2, 0) is 13.0 Å². The number of fused-ring (bicyclic) bond motifs is 3. The Kier molecular flexibility index (Phi) is 5.58. The van der Waals surface area contributed by atoms with Crippen molar-refractivity contribution in [3.63, 3.8) is 0 Å². The molecule has 1 aromatic heterocycles. The molecule has 5 heteroatoms. The lowest BCUT2D eigenvalue weighted by molar-refractivity contribution is 0.194. The molecule has 1 unspecified atom stereocenters. The fraction of sp³-hybridized carbons (Fsp3) is 0.148. The van der Waals surface area contributed by atoms with Crippen molar-refractivity contribution in [2.75, 3.05) is 5.32 Å². The van der Waals surface area contributed by atoms with Crippen LogP contribution in [0.1, 0.15) is 35.3 Å². The lowest BCUT2D eigenvalue weighted by Crippen LogP contribution is -2.38. The number of amides is 2. The van der Waals surface area contributed by atoms with E-state index in [0.29, 0.717) is 6.54 Å². The molecule has 32 heavy (non-hydrogen) atoms. The number of anilines is 1. The van der Waals surface area contributed by atoms with Crippen LogP contribution in [-0.4, -0.2) is 15.5 Å². The molecule has 1 N–H and O–H groups in total. The maximum absolute atomic E-state index is 13.7. The molecule has 0 radical (unpaired) electrons. The SMILES string of the molecule is CCc1ccc(C2c3cccn3-c3ccccc3CN2C(=O)Nc2ccccc2Br)cc1. The average Bonchev–Trinajstić information content (AvgIpc) is 3.25. The van der Waals surface area contributed by atoms with Gasteiger partial charge in [0.2, 0.25) is 0 Å². The first-order valence-electron chi connectivity index (χ1n) is 10.8. The quantitative estimate of drug-likeness (QED) is 0.335. The van der Waals surface area contributed by atoms with Gasteiger partial charge in [-0.05, 0) is 69.4 Å². The van der Waals surface area contributed by atoms with Crippen LogP contribution in [0.15, 0.2) is 95.6 Å². The molecule has 0 fully saturated rings. The molecule has 1 aliphatic heterocycles. The van der Waals surface area contributed by atoms with Gasteiger partial charge in [0.05, 0.1) is 24.0 Å². The fourth-order valence-corrected chi connectivity index (χ4v) is 4.76. The summed E-state index contributed by atoms with van der Waals surface area (Å²) in [6.45, 7) is 2.66.